The minimum Gasteiger partial charge on any atom is -0.394 e. The van der Waals surface area contributed by atoms with Crippen molar-refractivity contribution in [2.24, 2.45) is 0 Å². The van der Waals surface area contributed by atoms with Crippen molar-refractivity contribution < 1.29 is 9.90 Å². The molecule has 1 aliphatic rings. The van der Waals surface area contributed by atoms with Gasteiger partial charge in [0.2, 0.25) is 5.91 Å². The highest BCUT2D eigenvalue weighted by Gasteiger charge is 2.32. The highest BCUT2D eigenvalue weighted by atomic mass is 32.1. The first-order chi connectivity index (χ1) is 8.74. The van der Waals surface area contributed by atoms with Crippen LogP contribution in [0.1, 0.15) is 37.0 Å². The summed E-state index contributed by atoms with van der Waals surface area (Å²) in [6, 6.07) is 3.93. The summed E-state index contributed by atoms with van der Waals surface area (Å²) >= 11 is 1.60. The first-order valence-corrected chi connectivity index (χ1v) is 7.27. The van der Waals surface area contributed by atoms with E-state index in [1.807, 2.05) is 23.6 Å². The van der Waals surface area contributed by atoms with Crippen molar-refractivity contribution in [2.45, 2.75) is 37.6 Å². The van der Waals surface area contributed by atoms with Gasteiger partial charge in [-0.1, -0.05) is 25.3 Å². The van der Waals surface area contributed by atoms with Crippen LogP contribution in [0.25, 0.3) is 6.08 Å². The van der Waals surface area contributed by atoms with Crippen LogP contribution in [0.15, 0.2) is 23.6 Å². The Kier molecular flexibility index (Phi) is 4.55. The predicted molar refractivity (Wildman–Crippen MR) is 74.4 cm³/mol. The summed E-state index contributed by atoms with van der Waals surface area (Å²) in [4.78, 5) is 12.9. The van der Waals surface area contributed by atoms with Crippen LogP contribution in [-0.4, -0.2) is 23.2 Å². The largest absolute Gasteiger partial charge is 0.394 e. The van der Waals surface area contributed by atoms with E-state index in [0.717, 1.165) is 30.6 Å². The molecule has 1 saturated carbocycles. The lowest BCUT2D eigenvalue weighted by molar-refractivity contribution is -0.119. The molecule has 1 aromatic rings. The average molecular weight is 265 g/mol. The second-order valence-corrected chi connectivity index (χ2v) is 5.82. The third-order valence-corrected chi connectivity index (χ3v) is 4.28. The maximum Gasteiger partial charge on any atom is 0.244 e. The van der Waals surface area contributed by atoms with Crippen LogP contribution in [0.2, 0.25) is 0 Å². The summed E-state index contributed by atoms with van der Waals surface area (Å²) in [5, 5.41) is 14.5. The molecule has 2 N–H and O–H groups in total. The van der Waals surface area contributed by atoms with Crippen LogP contribution in [0.5, 0.6) is 0 Å². The van der Waals surface area contributed by atoms with E-state index in [1.54, 1.807) is 17.4 Å². The number of aliphatic hydroxyl groups is 1. The quantitative estimate of drug-likeness (QED) is 0.822. The fraction of sp³-hybridized carbons (Fsp3) is 0.500. The first kappa shape index (κ1) is 13.3. The molecule has 1 amide bonds. The van der Waals surface area contributed by atoms with Crippen molar-refractivity contribution in [3.63, 3.8) is 0 Å². The number of hydrogen-bond acceptors (Lipinski definition) is 3. The highest BCUT2D eigenvalue weighted by molar-refractivity contribution is 7.10. The van der Waals surface area contributed by atoms with Crippen molar-refractivity contribution in [3.8, 4) is 0 Å². The molecule has 1 heterocycles. The van der Waals surface area contributed by atoms with Gasteiger partial charge in [-0.05, 0) is 30.4 Å². The van der Waals surface area contributed by atoms with E-state index in [9.17, 15) is 9.90 Å². The minimum absolute atomic E-state index is 0.0333. The molecule has 18 heavy (non-hydrogen) atoms. The van der Waals surface area contributed by atoms with Crippen LogP contribution in [0, 0.1) is 0 Å². The van der Waals surface area contributed by atoms with E-state index in [0.29, 0.717) is 0 Å². The Morgan fingerprint density at radius 1 is 1.44 bits per heavy atom. The van der Waals surface area contributed by atoms with E-state index in [2.05, 4.69) is 5.32 Å². The molecule has 1 fully saturated rings. The maximum atomic E-state index is 11.9. The van der Waals surface area contributed by atoms with Crippen molar-refractivity contribution in [1.29, 1.82) is 0 Å². The lowest BCUT2D eigenvalue weighted by Crippen LogP contribution is -2.52. The van der Waals surface area contributed by atoms with Crippen molar-refractivity contribution in [1.82, 2.24) is 5.32 Å². The fourth-order valence-corrected chi connectivity index (χ4v) is 3.02. The van der Waals surface area contributed by atoms with E-state index in [1.165, 1.54) is 6.42 Å². The minimum atomic E-state index is -0.394. The molecule has 98 valence electrons. The van der Waals surface area contributed by atoms with Gasteiger partial charge in [0, 0.05) is 11.0 Å². The SMILES string of the molecule is O=C(/C=C/c1cccs1)NC1(CO)CCCCC1. The molecule has 0 spiro atoms. The van der Waals surface area contributed by atoms with Gasteiger partial charge in [0.15, 0.2) is 0 Å². The lowest BCUT2D eigenvalue weighted by Gasteiger charge is -2.36. The average Bonchev–Trinajstić information content (AvgIpc) is 2.91. The monoisotopic (exact) mass is 265 g/mol. The normalized spacial score (nSPS) is 18.9. The van der Waals surface area contributed by atoms with E-state index >= 15 is 0 Å². The molecule has 0 atom stereocenters. The number of thiophene rings is 1. The molecule has 0 aromatic carbocycles. The molecular formula is C14H19NO2S. The molecule has 2 rings (SSSR count). The second kappa shape index (κ2) is 6.16. The Balaban J connectivity index is 1.93. The van der Waals surface area contributed by atoms with Crippen molar-refractivity contribution >= 4 is 23.3 Å². The van der Waals surface area contributed by atoms with E-state index in [-0.39, 0.29) is 12.5 Å². The van der Waals surface area contributed by atoms with E-state index in [4.69, 9.17) is 0 Å². The number of hydrogen-bond donors (Lipinski definition) is 2. The molecule has 0 bridgehead atoms. The van der Waals surface area contributed by atoms with Crippen LogP contribution < -0.4 is 5.32 Å². The number of amides is 1. The topological polar surface area (TPSA) is 49.3 Å². The van der Waals surface area contributed by atoms with Crippen molar-refractivity contribution in [3.05, 3.63) is 28.5 Å². The third kappa shape index (κ3) is 3.43. The molecule has 0 saturated heterocycles. The van der Waals surface area contributed by atoms with Gasteiger partial charge in [-0.2, -0.15) is 0 Å². The predicted octanol–water partition coefficient (Wildman–Crippen LogP) is 2.57. The smallest absolute Gasteiger partial charge is 0.244 e. The highest BCUT2D eigenvalue weighted by Crippen LogP contribution is 2.27. The van der Waals surface area contributed by atoms with E-state index < -0.39 is 5.54 Å². The number of carbonyl (C=O) groups excluding carboxylic acids is 1. The molecule has 3 nitrogen and oxygen atoms in total. The number of aliphatic hydroxyl groups excluding tert-OH is 1. The van der Waals surface area contributed by atoms with Crippen LogP contribution >= 0.6 is 11.3 Å². The Morgan fingerprint density at radius 2 is 2.22 bits per heavy atom. The number of rotatable bonds is 4. The number of nitrogens with one attached hydrogen (secondary N) is 1. The third-order valence-electron chi connectivity index (χ3n) is 3.44. The van der Waals surface area contributed by atoms with Crippen LogP contribution in [0.3, 0.4) is 0 Å². The van der Waals surface area contributed by atoms with Crippen LogP contribution in [0.4, 0.5) is 0 Å². The molecule has 0 aliphatic heterocycles. The Bertz CT molecular complexity index is 405. The fourth-order valence-electron chi connectivity index (χ4n) is 2.40. The summed E-state index contributed by atoms with van der Waals surface area (Å²) in [7, 11) is 0. The Morgan fingerprint density at radius 3 is 2.83 bits per heavy atom. The molecule has 0 radical (unpaired) electrons. The zero-order chi connectivity index (χ0) is 12.8. The van der Waals surface area contributed by atoms with Gasteiger partial charge < -0.3 is 10.4 Å². The molecule has 4 heteroatoms. The zero-order valence-electron chi connectivity index (χ0n) is 10.4. The van der Waals surface area contributed by atoms with Crippen LogP contribution in [-0.2, 0) is 4.79 Å². The van der Waals surface area contributed by atoms with Gasteiger partial charge in [-0.3, -0.25) is 4.79 Å². The summed E-state index contributed by atoms with van der Waals surface area (Å²) in [5.74, 6) is -0.112. The molecular weight excluding hydrogens is 246 g/mol. The Labute approximate surface area is 112 Å². The summed E-state index contributed by atoms with van der Waals surface area (Å²) in [6.07, 6.45) is 8.48. The molecule has 1 aromatic heterocycles. The Hall–Kier alpha value is -1.13. The lowest BCUT2D eigenvalue weighted by atomic mass is 9.82. The van der Waals surface area contributed by atoms with Gasteiger partial charge in [0.05, 0.1) is 12.1 Å². The van der Waals surface area contributed by atoms with Crippen molar-refractivity contribution in [2.75, 3.05) is 6.61 Å². The molecule has 1 aliphatic carbocycles. The van der Waals surface area contributed by atoms with Gasteiger partial charge in [0.1, 0.15) is 0 Å². The second-order valence-electron chi connectivity index (χ2n) is 4.84. The van der Waals surface area contributed by atoms with Gasteiger partial charge in [-0.25, -0.2) is 0 Å². The standard InChI is InChI=1S/C14H19NO2S/c16-11-14(8-2-1-3-9-14)15-13(17)7-6-12-5-4-10-18-12/h4-7,10,16H,1-3,8-9,11H2,(H,15,17)/b7-6+. The first-order valence-electron chi connectivity index (χ1n) is 6.39. The summed E-state index contributed by atoms with van der Waals surface area (Å²) in [6.45, 7) is 0.0333. The zero-order valence-corrected chi connectivity index (χ0v) is 11.2. The number of carbonyl (C=O) groups is 1. The molecule has 0 unspecified atom stereocenters. The summed E-state index contributed by atoms with van der Waals surface area (Å²) < 4.78 is 0. The van der Waals surface area contributed by atoms with Gasteiger partial charge >= 0.3 is 0 Å². The van der Waals surface area contributed by atoms with Gasteiger partial charge in [0.25, 0.3) is 0 Å². The maximum absolute atomic E-state index is 11.9. The summed E-state index contributed by atoms with van der Waals surface area (Å²) in [5.41, 5.74) is -0.394. The van der Waals surface area contributed by atoms with Gasteiger partial charge in [-0.15, -0.1) is 11.3 Å².